The highest BCUT2D eigenvalue weighted by atomic mass is 14.7. The van der Waals surface area contributed by atoms with Gasteiger partial charge in [-0.25, -0.2) is 4.98 Å². The third-order valence-electron chi connectivity index (χ3n) is 10.2. The van der Waals surface area contributed by atoms with Crippen LogP contribution in [0.3, 0.4) is 0 Å². The van der Waals surface area contributed by atoms with Crippen molar-refractivity contribution in [3.8, 4) is 33.5 Å². The number of pyridine rings is 1. The zero-order valence-corrected chi connectivity index (χ0v) is 24.9. The normalized spacial score (nSPS) is 15.0. The van der Waals surface area contributed by atoms with E-state index in [2.05, 4.69) is 166 Å². The van der Waals surface area contributed by atoms with Crippen LogP contribution in [-0.4, -0.2) is 4.98 Å². The molecule has 7 aromatic rings. The molecule has 1 spiro atoms. The lowest BCUT2D eigenvalue weighted by Gasteiger charge is -2.46. The van der Waals surface area contributed by atoms with E-state index in [9.17, 15) is 0 Å². The van der Waals surface area contributed by atoms with Gasteiger partial charge in [0.25, 0.3) is 0 Å². The molecule has 0 radical (unpaired) electrons. The maximum atomic E-state index is 5.36. The molecule has 0 saturated heterocycles. The van der Waals surface area contributed by atoms with Crippen LogP contribution in [0.2, 0.25) is 0 Å². The topological polar surface area (TPSA) is 12.9 Å². The van der Waals surface area contributed by atoms with Gasteiger partial charge in [0.1, 0.15) is 0 Å². The predicted octanol–water partition coefficient (Wildman–Crippen LogP) is 10.6. The second-order valence-electron chi connectivity index (χ2n) is 12.7. The van der Waals surface area contributed by atoms with Gasteiger partial charge in [-0.05, 0) is 62.2 Å². The first-order valence-electron chi connectivity index (χ1n) is 15.5. The van der Waals surface area contributed by atoms with Gasteiger partial charge < -0.3 is 0 Å². The summed E-state index contributed by atoms with van der Waals surface area (Å²) < 4.78 is 0. The lowest BCUT2D eigenvalue weighted by molar-refractivity contribution is 0.563. The molecule has 0 aliphatic heterocycles. The summed E-state index contributed by atoms with van der Waals surface area (Å²) >= 11 is 0. The van der Waals surface area contributed by atoms with E-state index in [0.717, 1.165) is 27.7 Å². The van der Waals surface area contributed by atoms with Crippen molar-refractivity contribution in [2.24, 2.45) is 0 Å². The third kappa shape index (κ3) is 3.27. The second kappa shape index (κ2) is 9.11. The fourth-order valence-electron chi connectivity index (χ4n) is 8.18. The Balaban J connectivity index is 1.35. The van der Waals surface area contributed by atoms with Crippen molar-refractivity contribution < 1.29 is 0 Å². The molecule has 0 unspecified atom stereocenters. The van der Waals surface area contributed by atoms with Gasteiger partial charge in [0, 0.05) is 21.9 Å². The number of rotatable bonds is 2. The summed E-state index contributed by atoms with van der Waals surface area (Å²) in [5.74, 6) is 0. The Morgan fingerprint density at radius 3 is 1.73 bits per heavy atom. The van der Waals surface area contributed by atoms with Crippen molar-refractivity contribution in [1.29, 1.82) is 0 Å². The minimum Gasteiger partial charge on any atom is -0.247 e. The molecule has 0 N–H and O–H groups in total. The summed E-state index contributed by atoms with van der Waals surface area (Å²) in [5.41, 5.74) is 15.8. The molecule has 44 heavy (non-hydrogen) atoms. The van der Waals surface area contributed by atoms with Crippen molar-refractivity contribution in [2.45, 2.75) is 24.7 Å². The molecule has 0 bridgehead atoms. The molecule has 0 fully saturated rings. The number of hydrogen-bond donors (Lipinski definition) is 0. The Morgan fingerprint density at radius 2 is 1.00 bits per heavy atom. The molecule has 6 aromatic carbocycles. The van der Waals surface area contributed by atoms with Crippen molar-refractivity contribution in [2.75, 3.05) is 0 Å². The molecule has 0 amide bonds. The molecule has 2 aliphatic rings. The molecular weight excluding hydrogens is 530 g/mol. The standard InChI is InChI=1S/C43H31N/c1-42(2)36-21-10-11-22-38(36)43(34-19-8-6-16-32(34)33-17-7-9-20-35(33)43)39-27-30(23-25-37(39)42)40-26-24-29-15-12-18-31(41(29)44-40)28-13-4-3-5-14-28/h3-27H,1-2H3. The number of aromatic nitrogens is 1. The highest BCUT2D eigenvalue weighted by molar-refractivity contribution is 5.95. The molecule has 9 rings (SSSR count). The van der Waals surface area contributed by atoms with E-state index in [-0.39, 0.29) is 5.41 Å². The Labute approximate surface area is 258 Å². The van der Waals surface area contributed by atoms with Crippen LogP contribution in [-0.2, 0) is 10.8 Å². The summed E-state index contributed by atoms with van der Waals surface area (Å²) in [6, 6.07) is 55.7. The highest BCUT2D eigenvalue weighted by Crippen LogP contribution is 2.62. The van der Waals surface area contributed by atoms with Crippen LogP contribution in [0.5, 0.6) is 0 Å². The Bertz CT molecular complexity index is 2210. The summed E-state index contributed by atoms with van der Waals surface area (Å²) in [6.07, 6.45) is 0. The second-order valence-corrected chi connectivity index (χ2v) is 12.7. The van der Waals surface area contributed by atoms with Crippen LogP contribution in [0.25, 0.3) is 44.4 Å². The molecule has 208 valence electrons. The van der Waals surface area contributed by atoms with E-state index in [4.69, 9.17) is 4.98 Å². The van der Waals surface area contributed by atoms with Crippen molar-refractivity contribution in [3.05, 3.63) is 185 Å². The summed E-state index contributed by atoms with van der Waals surface area (Å²) in [5, 5.41) is 1.15. The number of hydrogen-bond acceptors (Lipinski definition) is 1. The maximum Gasteiger partial charge on any atom is 0.0787 e. The molecule has 1 nitrogen and oxygen atoms in total. The Kier molecular flexibility index (Phi) is 5.23. The van der Waals surface area contributed by atoms with Gasteiger partial charge in [-0.3, -0.25) is 0 Å². The first kappa shape index (κ1) is 25.2. The van der Waals surface area contributed by atoms with E-state index < -0.39 is 5.41 Å². The smallest absolute Gasteiger partial charge is 0.0787 e. The van der Waals surface area contributed by atoms with Gasteiger partial charge in [-0.2, -0.15) is 0 Å². The Hall–Kier alpha value is -5.27. The van der Waals surface area contributed by atoms with Gasteiger partial charge in [-0.1, -0.05) is 153 Å². The van der Waals surface area contributed by atoms with Gasteiger partial charge in [0.15, 0.2) is 0 Å². The van der Waals surface area contributed by atoms with E-state index in [1.165, 1.54) is 50.1 Å². The van der Waals surface area contributed by atoms with Gasteiger partial charge in [-0.15, -0.1) is 0 Å². The average molecular weight is 562 g/mol. The van der Waals surface area contributed by atoms with Crippen molar-refractivity contribution in [3.63, 3.8) is 0 Å². The van der Waals surface area contributed by atoms with Crippen molar-refractivity contribution >= 4 is 10.9 Å². The number of para-hydroxylation sites is 1. The van der Waals surface area contributed by atoms with Crippen LogP contribution < -0.4 is 0 Å². The zero-order valence-electron chi connectivity index (χ0n) is 24.9. The van der Waals surface area contributed by atoms with Gasteiger partial charge in [0.05, 0.1) is 16.6 Å². The predicted molar refractivity (Wildman–Crippen MR) is 182 cm³/mol. The summed E-state index contributed by atoms with van der Waals surface area (Å²) in [6.45, 7) is 4.76. The highest BCUT2D eigenvalue weighted by Gasteiger charge is 2.53. The maximum absolute atomic E-state index is 5.36. The molecule has 2 aliphatic carbocycles. The molecule has 1 aromatic heterocycles. The van der Waals surface area contributed by atoms with Crippen LogP contribution in [0.1, 0.15) is 47.2 Å². The van der Waals surface area contributed by atoms with E-state index in [1.54, 1.807) is 0 Å². The minimum atomic E-state index is -0.406. The van der Waals surface area contributed by atoms with Crippen LogP contribution in [0, 0.1) is 0 Å². The van der Waals surface area contributed by atoms with E-state index >= 15 is 0 Å². The van der Waals surface area contributed by atoms with Crippen LogP contribution >= 0.6 is 0 Å². The lowest BCUT2D eigenvalue weighted by atomic mass is 9.55. The minimum absolute atomic E-state index is 0.153. The lowest BCUT2D eigenvalue weighted by Crippen LogP contribution is -2.40. The van der Waals surface area contributed by atoms with E-state index in [0.29, 0.717) is 0 Å². The van der Waals surface area contributed by atoms with E-state index in [1.807, 2.05) is 0 Å². The fraction of sp³-hybridized carbons (Fsp3) is 0.0930. The molecule has 0 atom stereocenters. The monoisotopic (exact) mass is 561 g/mol. The zero-order chi connectivity index (χ0) is 29.5. The van der Waals surface area contributed by atoms with Crippen LogP contribution in [0.15, 0.2) is 152 Å². The van der Waals surface area contributed by atoms with Gasteiger partial charge >= 0.3 is 0 Å². The first-order valence-corrected chi connectivity index (χ1v) is 15.5. The average Bonchev–Trinajstić information content (AvgIpc) is 3.38. The third-order valence-corrected chi connectivity index (χ3v) is 10.2. The first-order chi connectivity index (χ1) is 21.6. The quantitative estimate of drug-likeness (QED) is 0.205. The summed E-state index contributed by atoms with van der Waals surface area (Å²) in [4.78, 5) is 5.36. The number of nitrogens with zero attached hydrogens (tertiary/aromatic N) is 1. The number of fused-ring (bicyclic) bond motifs is 10. The molecule has 1 heterocycles. The summed E-state index contributed by atoms with van der Waals surface area (Å²) in [7, 11) is 0. The molecule has 0 saturated carbocycles. The fourth-order valence-corrected chi connectivity index (χ4v) is 8.18. The van der Waals surface area contributed by atoms with Crippen LogP contribution in [0.4, 0.5) is 0 Å². The van der Waals surface area contributed by atoms with Gasteiger partial charge in [0.2, 0.25) is 0 Å². The molecule has 1 heteroatoms. The Morgan fingerprint density at radius 1 is 0.409 bits per heavy atom. The largest absolute Gasteiger partial charge is 0.247 e. The SMILES string of the molecule is CC1(C)c2ccccc2C2(c3ccccc3-c3ccccc32)c2cc(-c3ccc4cccc(-c5ccccc5)c4n3)ccc21. The van der Waals surface area contributed by atoms with Crippen molar-refractivity contribution in [1.82, 2.24) is 4.98 Å². The molecular formula is C43H31N. The number of benzene rings is 6.